The van der Waals surface area contributed by atoms with Crippen LogP contribution in [0.1, 0.15) is 12.5 Å². The van der Waals surface area contributed by atoms with E-state index in [1.165, 1.54) is 11.4 Å². The summed E-state index contributed by atoms with van der Waals surface area (Å²) in [5.41, 5.74) is 1.93. The number of halogens is 2. The Hall–Kier alpha value is -1.10. The first-order valence-electron chi connectivity index (χ1n) is 5.28. The summed E-state index contributed by atoms with van der Waals surface area (Å²) < 4.78 is 0. The molecule has 1 aromatic rings. The predicted octanol–water partition coefficient (Wildman–Crippen LogP) is 2.81. The molecule has 1 aliphatic heterocycles. The summed E-state index contributed by atoms with van der Waals surface area (Å²) in [6.45, 7) is 1.63. The van der Waals surface area contributed by atoms with Crippen molar-refractivity contribution in [2.24, 2.45) is 0 Å². The standard InChI is InChI=1S/C12H11Cl2N2OS/c1-7(13)11(17)16-12-15-10(6-18-12)8-2-4-9(14)5-3-8/h2-7,15H,1H3,(H,16,17). The number of carbonyl (C=O) groups excluding carboxylic acids is 1. The van der Waals surface area contributed by atoms with Crippen molar-refractivity contribution in [2.45, 2.75) is 12.3 Å². The molecule has 3 nitrogen and oxygen atoms in total. The molecule has 1 aliphatic rings. The lowest BCUT2D eigenvalue weighted by Crippen LogP contribution is -2.40. The van der Waals surface area contributed by atoms with Crippen molar-refractivity contribution in [3.63, 3.8) is 0 Å². The molecule has 1 radical (unpaired) electrons. The maximum atomic E-state index is 11.4. The third kappa shape index (κ3) is 3.22. The summed E-state index contributed by atoms with van der Waals surface area (Å²) in [6.07, 6.45) is 0. The molecule has 1 atom stereocenters. The lowest BCUT2D eigenvalue weighted by Gasteiger charge is -2.10. The molecule has 1 aromatic carbocycles. The highest BCUT2D eigenvalue weighted by Gasteiger charge is 2.15. The minimum Gasteiger partial charge on any atom is -0.332 e. The highest BCUT2D eigenvalue weighted by atomic mass is 35.5. The lowest BCUT2D eigenvalue weighted by atomic mass is 10.2. The van der Waals surface area contributed by atoms with Gasteiger partial charge in [0.25, 0.3) is 0 Å². The van der Waals surface area contributed by atoms with Gasteiger partial charge in [-0.1, -0.05) is 23.7 Å². The van der Waals surface area contributed by atoms with Gasteiger partial charge in [-0.25, -0.2) is 0 Å². The van der Waals surface area contributed by atoms with E-state index < -0.39 is 5.38 Å². The molecule has 0 fully saturated rings. The van der Waals surface area contributed by atoms with Gasteiger partial charge in [-0.05, 0) is 24.6 Å². The molecule has 2 N–H and O–H groups in total. The summed E-state index contributed by atoms with van der Waals surface area (Å²) in [6, 6.07) is 7.47. The lowest BCUT2D eigenvalue weighted by molar-refractivity contribution is -0.119. The van der Waals surface area contributed by atoms with Crippen molar-refractivity contribution in [1.82, 2.24) is 10.6 Å². The van der Waals surface area contributed by atoms with Crippen LogP contribution in [0.4, 0.5) is 0 Å². The molecule has 0 saturated heterocycles. The van der Waals surface area contributed by atoms with Crippen LogP contribution in [0, 0.1) is 0 Å². The number of hydrogen-bond acceptors (Lipinski definition) is 2. The fraction of sp³-hybridized carbons (Fsp3) is 0.167. The van der Waals surface area contributed by atoms with Gasteiger partial charge in [-0.15, -0.1) is 23.0 Å². The molecule has 1 unspecified atom stereocenters. The molecule has 0 saturated carbocycles. The average molecular weight is 302 g/mol. The van der Waals surface area contributed by atoms with Gasteiger partial charge in [0, 0.05) is 10.4 Å². The largest absolute Gasteiger partial charge is 0.332 e. The molecule has 0 bridgehead atoms. The second kappa shape index (κ2) is 5.69. The van der Waals surface area contributed by atoms with Crippen molar-refractivity contribution >= 4 is 51.3 Å². The van der Waals surface area contributed by atoms with Crippen LogP contribution in [0.2, 0.25) is 5.02 Å². The first kappa shape index (κ1) is 13.3. The first-order chi connectivity index (χ1) is 8.56. The van der Waals surface area contributed by atoms with Gasteiger partial charge < -0.3 is 10.6 Å². The molecular formula is C12H11Cl2N2OS. The summed E-state index contributed by atoms with van der Waals surface area (Å²) in [4.78, 5) is 11.4. The van der Waals surface area contributed by atoms with Gasteiger partial charge in [0.2, 0.25) is 5.91 Å². The predicted molar refractivity (Wildman–Crippen MR) is 78.6 cm³/mol. The van der Waals surface area contributed by atoms with Gasteiger partial charge in [-0.3, -0.25) is 4.79 Å². The Morgan fingerprint density at radius 1 is 1.39 bits per heavy atom. The van der Waals surface area contributed by atoms with E-state index in [1.807, 2.05) is 29.7 Å². The summed E-state index contributed by atoms with van der Waals surface area (Å²) >= 11 is 12.9. The van der Waals surface area contributed by atoms with Crippen LogP contribution in [0.3, 0.4) is 0 Å². The van der Waals surface area contributed by atoms with Gasteiger partial charge in [-0.2, -0.15) is 0 Å². The van der Waals surface area contributed by atoms with Crippen LogP contribution in [-0.2, 0) is 4.79 Å². The van der Waals surface area contributed by atoms with E-state index in [9.17, 15) is 4.79 Å². The zero-order valence-electron chi connectivity index (χ0n) is 9.54. The van der Waals surface area contributed by atoms with Crippen LogP contribution in [0.25, 0.3) is 5.70 Å². The van der Waals surface area contributed by atoms with Crippen LogP contribution in [0.5, 0.6) is 0 Å². The minimum atomic E-state index is -0.556. The van der Waals surface area contributed by atoms with Crippen LogP contribution in [0.15, 0.2) is 29.7 Å². The maximum absolute atomic E-state index is 11.4. The molecule has 6 heteroatoms. The Bertz CT molecular complexity index is 523. The fourth-order valence-electron chi connectivity index (χ4n) is 1.34. The fourth-order valence-corrected chi connectivity index (χ4v) is 2.28. The molecular weight excluding hydrogens is 291 g/mol. The summed E-state index contributed by atoms with van der Waals surface area (Å²) in [5.74, 6) is -0.225. The molecule has 18 heavy (non-hydrogen) atoms. The van der Waals surface area contributed by atoms with E-state index in [1.54, 1.807) is 6.92 Å². The smallest absolute Gasteiger partial charge is 0.243 e. The van der Waals surface area contributed by atoms with Gasteiger partial charge >= 0.3 is 0 Å². The normalized spacial score (nSPS) is 15.5. The van der Waals surface area contributed by atoms with Crippen LogP contribution >= 0.6 is 34.6 Å². The average Bonchev–Trinajstić information content (AvgIpc) is 2.78. The molecule has 0 aliphatic carbocycles. The number of alkyl halides is 1. The van der Waals surface area contributed by atoms with Gasteiger partial charge in [0.1, 0.15) is 5.38 Å². The summed E-state index contributed by atoms with van der Waals surface area (Å²) in [7, 11) is 0. The number of carbonyl (C=O) groups is 1. The minimum absolute atomic E-state index is 0.225. The molecule has 0 aromatic heterocycles. The number of rotatable bonds is 2. The molecule has 2 rings (SSSR count). The quantitative estimate of drug-likeness (QED) is 0.651. The monoisotopic (exact) mass is 301 g/mol. The maximum Gasteiger partial charge on any atom is 0.243 e. The Balaban J connectivity index is 1.98. The van der Waals surface area contributed by atoms with Crippen molar-refractivity contribution in [2.75, 3.05) is 0 Å². The topological polar surface area (TPSA) is 41.1 Å². The molecule has 95 valence electrons. The number of hydrogen-bond donors (Lipinski definition) is 2. The zero-order chi connectivity index (χ0) is 13.1. The Kier molecular flexibility index (Phi) is 4.22. The van der Waals surface area contributed by atoms with Gasteiger partial charge in [0.05, 0.1) is 5.70 Å². The number of nitrogens with one attached hydrogen (secondary N) is 2. The van der Waals surface area contributed by atoms with E-state index in [-0.39, 0.29) is 5.91 Å². The summed E-state index contributed by atoms with van der Waals surface area (Å²) in [5, 5.41) is 8.56. The van der Waals surface area contributed by atoms with Crippen LogP contribution in [-0.4, -0.2) is 16.4 Å². The van der Waals surface area contributed by atoms with E-state index in [0.717, 1.165) is 11.3 Å². The molecule has 1 heterocycles. The van der Waals surface area contributed by atoms with Gasteiger partial charge in [0.15, 0.2) is 5.11 Å². The van der Waals surface area contributed by atoms with Crippen molar-refractivity contribution < 1.29 is 4.79 Å². The second-order valence-electron chi connectivity index (χ2n) is 3.72. The zero-order valence-corrected chi connectivity index (χ0v) is 11.9. The SMILES string of the molecule is CC(Cl)C(=O)NC1=[S]C=C(c2ccc(Cl)cc2)N1. The van der Waals surface area contributed by atoms with E-state index in [0.29, 0.717) is 10.1 Å². The van der Waals surface area contributed by atoms with Crippen molar-refractivity contribution in [3.05, 3.63) is 40.3 Å². The van der Waals surface area contributed by atoms with E-state index in [2.05, 4.69) is 10.6 Å². The Labute approximate surface area is 119 Å². The first-order valence-corrected chi connectivity index (χ1v) is 6.97. The third-order valence-electron chi connectivity index (χ3n) is 2.30. The highest BCUT2D eigenvalue weighted by Crippen LogP contribution is 2.20. The molecule has 1 amide bonds. The molecule has 0 spiro atoms. The third-order valence-corrected chi connectivity index (χ3v) is 3.54. The second-order valence-corrected chi connectivity index (χ2v) is 5.69. The number of benzene rings is 1. The van der Waals surface area contributed by atoms with Crippen molar-refractivity contribution in [3.8, 4) is 0 Å². The van der Waals surface area contributed by atoms with Crippen molar-refractivity contribution in [1.29, 1.82) is 0 Å². The van der Waals surface area contributed by atoms with E-state index in [4.69, 9.17) is 23.2 Å². The number of amides is 1. The van der Waals surface area contributed by atoms with E-state index >= 15 is 0 Å². The van der Waals surface area contributed by atoms with Crippen LogP contribution < -0.4 is 10.6 Å². The highest BCUT2D eigenvalue weighted by molar-refractivity contribution is 8.02. The Morgan fingerprint density at radius 3 is 2.67 bits per heavy atom. The Morgan fingerprint density at radius 2 is 2.06 bits per heavy atom.